The fraction of sp³-hybridized carbons (Fsp3) is 0.114. The van der Waals surface area contributed by atoms with Crippen LogP contribution >= 0.6 is 308 Å². The van der Waals surface area contributed by atoms with Crippen molar-refractivity contribution in [2.45, 2.75) is 51.5 Å². The molecule has 0 saturated heterocycles. The van der Waals surface area contributed by atoms with Crippen molar-refractivity contribution in [3.8, 4) is 79.4 Å². The van der Waals surface area contributed by atoms with Gasteiger partial charge in [-0.05, 0) is 362 Å². The van der Waals surface area contributed by atoms with E-state index in [0.717, 1.165) is 87.8 Å². The van der Waals surface area contributed by atoms with E-state index in [2.05, 4.69) is 263 Å². The molecule has 8 aliphatic rings. The second-order valence-corrected chi connectivity index (χ2v) is 42.8. The van der Waals surface area contributed by atoms with Crippen LogP contribution in [0.2, 0.25) is 0 Å². The highest BCUT2D eigenvalue weighted by atomic mass is 127. The number of carbonyl (C=O) groups excluding carboxylic acids is 4. The predicted molar refractivity (Wildman–Crippen MR) is 559 cm³/mol. The van der Waals surface area contributed by atoms with E-state index in [1.807, 2.05) is 160 Å². The Morgan fingerprint density at radius 3 is 1.33 bits per heavy atom. The number of halogens is 16. The van der Waals surface area contributed by atoms with Crippen molar-refractivity contribution in [2.24, 2.45) is 0 Å². The lowest BCUT2D eigenvalue weighted by atomic mass is 9.77. The molecule has 4 N–H and O–H groups in total. The summed E-state index contributed by atoms with van der Waals surface area (Å²) < 4.78 is 59.4. The number of rotatable bonds is 10. The molecule has 2 aliphatic carbocycles. The van der Waals surface area contributed by atoms with Crippen molar-refractivity contribution in [3.05, 3.63) is 308 Å². The minimum atomic E-state index is -1.24. The highest BCUT2D eigenvalue weighted by molar-refractivity contribution is 14.1. The maximum Gasteiger partial charge on any atom is 0.340 e. The Morgan fingerprint density at radius 1 is 0.369 bits per heavy atom. The number of carbonyl (C=O) groups is 4. The molecular formula is C88H48Br8I8O18. The van der Waals surface area contributed by atoms with Gasteiger partial charge in [-0.1, -0.05) is 117 Å². The summed E-state index contributed by atoms with van der Waals surface area (Å²) >= 11 is 45.3. The number of aliphatic hydroxyl groups excluding tert-OH is 4. The number of hydrogen-bond donors (Lipinski definition) is 4. The monoisotopic (exact) mass is 3040 g/mol. The molecule has 10 aromatic rings. The number of Topliss-reactive ketones (excluding diaryl/α,β-unsaturated/α-hetero) is 2. The van der Waals surface area contributed by atoms with Gasteiger partial charge >= 0.3 is 11.9 Å². The number of methoxy groups -OCH3 is 2. The Balaban J connectivity index is 0.000000126. The quantitative estimate of drug-likeness (QED) is 0.0429. The summed E-state index contributed by atoms with van der Waals surface area (Å²) in [7, 11) is 3.19. The Hall–Kier alpha value is -3.42. The second-order valence-electron chi connectivity index (χ2n) is 27.3. The Kier molecular flexibility index (Phi) is 28.6. The van der Waals surface area contributed by atoms with Gasteiger partial charge in [-0.2, -0.15) is 0 Å². The number of hydrogen-bond acceptors (Lipinski definition) is 18. The molecule has 18 nitrogen and oxygen atoms in total. The fourth-order valence-corrected chi connectivity index (χ4v) is 29.2. The van der Waals surface area contributed by atoms with Gasteiger partial charge in [0, 0.05) is 105 Å². The van der Waals surface area contributed by atoms with Crippen LogP contribution in [0.15, 0.2) is 200 Å². The molecule has 0 amide bonds. The first-order chi connectivity index (χ1) is 58.2. The molecule has 2 unspecified atom stereocenters. The number of fused-ring (bicyclic) bond motifs is 16. The lowest BCUT2D eigenvalue weighted by Gasteiger charge is -2.38. The predicted octanol–water partition coefficient (Wildman–Crippen LogP) is 27.0. The molecule has 0 fully saturated rings. The second kappa shape index (κ2) is 37.4. The third-order valence-electron chi connectivity index (χ3n) is 20.7. The molecule has 0 saturated carbocycles. The van der Waals surface area contributed by atoms with E-state index in [9.17, 15) is 49.2 Å². The summed E-state index contributed by atoms with van der Waals surface area (Å²) in [5.41, 5.74) is 12.2. The molecular weight excluding hydrogens is 3000 g/mol. The smallest absolute Gasteiger partial charge is 0.340 e. The third-order valence-corrected chi connectivity index (χ3v) is 34.2. The molecule has 10 aromatic carbocycles. The average molecular weight is 3050 g/mol. The van der Waals surface area contributed by atoms with Gasteiger partial charge in [0.2, 0.25) is 10.9 Å². The normalized spacial score (nSPS) is 14.9. The summed E-state index contributed by atoms with van der Waals surface area (Å²) in [6.07, 6.45) is 0. The zero-order chi connectivity index (χ0) is 87.6. The summed E-state index contributed by atoms with van der Waals surface area (Å²) in [6.45, 7) is 2.43. The van der Waals surface area contributed by atoms with E-state index in [1.165, 1.54) is 6.92 Å². The van der Waals surface area contributed by atoms with Crippen molar-refractivity contribution in [1.29, 1.82) is 0 Å². The van der Waals surface area contributed by atoms with E-state index < -0.39 is 17.2 Å². The molecule has 0 radical (unpaired) electrons. The standard InChI is InChI=1S/C22H12Br4O5.C22H12Br4O4.C22H12I4O5.C22H12I4O4/c1-29-20-15(24)7-13-19(17(20)26)30-18-12(6-14(23)10(8-27)16(18)25)22(13)11-5-3-2-4-9(11)21(28)31-22;1-9(28)10-4-2-3-5-11(10)17-12-6-15(23)14(8-27)18(25)21(12)30-22-13(17)7-16(24)20(29)19(22)26;1-29-20-15(24)7-13-19(17(20)26)30-18-12(6-14(23)10(8-27)16(18)25)22(13)11-5-3-2-4-9(11)21(28)31-22;1-9(28)10-4-2-3-5-11(10)17-12-6-15(23)14(8-27)18(25)21(12)30-22-13(17)7-16(24)20(29)19(22)26/h2-7,27H,8H2,1H3;2-7,27H,8H2,1H3;2-7,27H,8H2,1H3;2-7,27H,8H2,1H3. The van der Waals surface area contributed by atoms with E-state index in [0.29, 0.717) is 151 Å². The molecule has 2 spiro atoms. The van der Waals surface area contributed by atoms with Crippen molar-refractivity contribution in [2.75, 3.05) is 14.2 Å². The SMILES string of the molecule is CC(=O)c1ccccc1-c1c2cc(Br)c(=O)c(Br)c-2oc2c(Br)c(CO)c(Br)cc12.CC(=O)c1ccccc1-c1c2cc(I)c(=O)c(I)c-2oc2c(I)c(CO)c(I)cc12.COc1c(Br)cc2c(c1Br)Oc1c(cc(Br)c(CO)c1Br)C21OC(=O)c2ccccc21.COc1c(I)cc2c(c1I)Oc1c(cc(I)c(CO)c1I)C21OC(=O)c2ccccc21. The zero-order valence-electron chi connectivity index (χ0n) is 62.2. The fourth-order valence-electron chi connectivity index (χ4n) is 15.3. The van der Waals surface area contributed by atoms with Crippen molar-refractivity contribution in [1.82, 2.24) is 0 Å². The lowest BCUT2D eigenvalue weighted by molar-refractivity contribution is 0.0212. The minimum absolute atomic E-state index is 0.0334. The van der Waals surface area contributed by atoms with Crippen LogP contribution in [0.1, 0.15) is 111 Å². The summed E-state index contributed by atoms with van der Waals surface area (Å²) in [5, 5.41) is 41.1. The van der Waals surface area contributed by atoms with Gasteiger partial charge in [0.05, 0.1) is 98.6 Å². The summed E-state index contributed by atoms with van der Waals surface area (Å²) in [6, 6.07) is 44.6. The van der Waals surface area contributed by atoms with Gasteiger partial charge in [0.25, 0.3) is 0 Å². The largest absolute Gasteiger partial charge is 0.494 e. The van der Waals surface area contributed by atoms with Gasteiger partial charge in [-0.15, -0.1) is 0 Å². The topological polar surface area (TPSA) is 265 Å². The summed E-state index contributed by atoms with van der Waals surface area (Å²) in [4.78, 5) is 76.0. The number of benzene rings is 12. The molecule has 2 atom stereocenters. The molecule has 6 aliphatic heterocycles. The van der Waals surface area contributed by atoms with Gasteiger partial charge in [0.15, 0.2) is 51.5 Å². The third kappa shape index (κ3) is 15.7. The average Bonchev–Trinajstić information content (AvgIpc) is 1.43. The molecule has 620 valence electrons. The zero-order valence-corrected chi connectivity index (χ0v) is 92.2. The van der Waals surface area contributed by atoms with Crippen molar-refractivity contribution in [3.63, 3.8) is 0 Å². The first-order valence-corrected chi connectivity index (χ1v) is 50.5. The highest BCUT2D eigenvalue weighted by Crippen LogP contribution is 2.64. The van der Waals surface area contributed by atoms with Gasteiger partial charge in [-0.25, -0.2) is 9.59 Å². The van der Waals surface area contributed by atoms with Crippen LogP contribution in [0.3, 0.4) is 0 Å². The van der Waals surface area contributed by atoms with E-state index in [1.54, 1.807) is 51.5 Å². The number of ether oxygens (including phenoxy) is 6. The van der Waals surface area contributed by atoms with Crippen LogP contribution in [-0.2, 0) is 47.1 Å². The maximum atomic E-state index is 13.0. The van der Waals surface area contributed by atoms with Crippen LogP contribution < -0.4 is 29.8 Å². The number of esters is 2. The highest BCUT2D eigenvalue weighted by Gasteiger charge is 2.57. The van der Waals surface area contributed by atoms with Gasteiger partial charge in [0.1, 0.15) is 40.9 Å². The van der Waals surface area contributed by atoms with Crippen molar-refractivity contribution >= 4 is 354 Å². The van der Waals surface area contributed by atoms with Crippen LogP contribution in [-0.4, -0.2) is 58.2 Å². The van der Waals surface area contributed by atoms with E-state index in [4.69, 9.17) is 37.3 Å². The van der Waals surface area contributed by atoms with E-state index >= 15 is 0 Å². The van der Waals surface area contributed by atoms with Crippen LogP contribution in [0, 0.1) is 28.6 Å². The molecule has 122 heavy (non-hydrogen) atoms. The Labute approximate surface area is 870 Å². The minimum Gasteiger partial charge on any atom is -0.494 e. The van der Waals surface area contributed by atoms with E-state index in [-0.39, 0.29) is 59.3 Å². The van der Waals surface area contributed by atoms with Gasteiger partial charge < -0.3 is 57.7 Å². The van der Waals surface area contributed by atoms with Crippen LogP contribution in [0.5, 0.6) is 34.5 Å². The molecule has 6 heterocycles. The molecule has 18 rings (SSSR count). The van der Waals surface area contributed by atoms with Crippen molar-refractivity contribution < 1.29 is 76.9 Å². The molecule has 0 bridgehead atoms. The molecule has 0 aromatic heterocycles. The summed E-state index contributed by atoms with van der Waals surface area (Å²) in [5.74, 6) is 3.30. The van der Waals surface area contributed by atoms with Gasteiger partial charge in [-0.3, -0.25) is 19.2 Å². The molecule has 34 heteroatoms. The number of ketones is 2. The first kappa shape index (κ1) is 93.3. The van der Waals surface area contributed by atoms with Crippen LogP contribution in [0.25, 0.3) is 66.8 Å². The first-order valence-electron chi connectivity index (χ1n) is 35.5. The Bertz CT molecular complexity index is 6440. The lowest BCUT2D eigenvalue weighted by Crippen LogP contribution is -2.34. The number of aliphatic hydroxyl groups is 4. The van der Waals surface area contributed by atoms with Crippen LogP contribution in [0.4, 0.5) is 0 Å². The maximum absolute atomic E-state index is 13.0. The Morgan fingerprint density at radius 2 is 0.795 bits per heavy atom.